The van der Waals surface area contributed by atoms with E-state index in [0.717, 1.165) is 19.3 Å². The minimum absolute atomic E-state index is 0.454. The highest BCUT2D eigenvalue weighted by molar-refractivity contribution is 5.09. The van der Waals surface area contributed by atoms with Crippen molar-refractivity contribution in [1.82, 2.24) is 0 Å². The fourth-order valence-electron chi connectivity index (χ4n) is 3.00. The largest absolute Gasteiger partial charge is 0.466 e. The molecule has 0 amide bonds. The van der Waals surface area contributed by atoms with Crippen molar-refractivity contribution in [2.45, 2.75) is 51.2 Å². The van der Waals surface area contributed by atoms with Crippen LogP contribution in [-0.2, 0) is 4.74 Å². The Morgan fingerprint density at radius 2 is 2.47 bits per heavy atom. The van der Waals surface area contributed by atoms with Crippen molar-refractivity contribution in [1.29, 1.82) is 0 Å². The summed E-state index contributed by atoms with van der Waals surface area (Å²) in [5.74, 6) is 1.22. The first-order valence-electron chi connectivity index (χ1n) is 6.53. The van der Waals surface area contributed by atoms with Crippen LogP contribution in [0.5, 0.6) is 0 Å². The third-order valence-corrected chi connectivity index (χ3v) is 3.73. The number of rotatable bonds is 4. The summed E-state index contributed by atoms with van der Waals surface area (Å²) in [5, 5.41) is 10.5. The smallest absolute Gasteiger partial charge is 0.140 e. The Morgan fingerprint density at radius 3 is 3.06 bits per heavy atom. The normalized spacial score (nSPS) is 31.4. The van der Waals surface area contributed by atoms with Crippen molar-refractivity contribution in [2.24, 2.45) is 5.92 Å². The molecule has 0 spiro atoms. The third-order valence-electron chi connectivity index (χ3n) is 3.73. The number of aliphatic hydroxyl groups excluding tert-OH is 1. The Balaban J connectivity index is 2.20. The van der Waals surface area contributed by atoms with E-state index in [-0.39, 0.29) is 0 Å². The SMILES string of the molecule is CCOC1(C(O)c2ccco2)CCCC(C)C1. The van der Waals surface area contributed by atoms with Crippen LogP contribution in [0.4, 0.5) is 0 Å². The predicted molar refractivity (Wildman–Crippen MR) is 65.7 cm³/mol. The fourth-order valence-corrected chi connectivity index (χ4v) is 3.00. The van der Waals surface area contributed by atoms with Gasteiger partial charge >= 0.3 is 0 Å². The van der Waals surface area contributed by atoms with Crippen molar-refractivity contribution in [2.75, 3.05) is 6.61 Å². The van der Waals surface area contributed by atoms with Crippen LogP contribution >= 0.6 is 0 Å². The summed E-state index contributed by atoms with van der Waals surface area (Å²) in [5.41, 5.74) is -0.454. The summed E-state index contributed by atoms with van der Waals surface area (Å²) < 4.78 is 11.2. The molecule has 2 rings (SSSR count). The van der Waals surface area contributed by atoms with Crippen LogP contribution in [0.3, 0.4) is 0 Å². The van der Waals surface area contributed by atoms with Gasteiger partial charge in [-0.05, 0) is 37.8 Å². The van der Waals surface area contributed by atoms with Crippen LogP contribution in [0.25, 0.3) is 0 Å². The first kappa shape index (κ1) is 12.7. The van der Waals surface area contributed by atoms with Gasteiger partial charge in [-0.1, -0.05) is 19.8 Å². The highest BCUT2D eigenvalue weighted by atomic mass is 16.5. The number of hydrogen-bond acceptors (Lipinski definition) is 3. The second kappa shape index (κ2) is 5.23. The van der Waals surface area contributed by atoms with Crippen LogP contribution < -0.4 is 0 Å². The quantitative estimate of drug-likeness (QED) is 0.875. The highest BCUT2D eigenvalue weighted by Crippen LogP contribution is 2.43. The van der Waals surface area contributed by atoms with E-state index in [1.165, 1.54) is 6.42 Å². The van der Waals surface area contributed by atoms with Gasteiger partial charge in [-0.25, -0.2) is 0 Å². The Labute approximate surface area is 103 Å². The van der Waals surface area contributed by atoms with Crippen molar-refractivity contribution >= 4 is 0 Å². The van der Waals surface area contributed by atoms with Gasteiger partial charge in [-0.2, -0.15) is 0 Å². The summed E-state index contributed by atoms with van der Waals surface area (Å²) in [6.45, 7) is 4.84. The number of furan rings is 1. The summed E-state index contributed by atoms with van der Waals surface area (Å²) in [6.07, 6.45) is 5.10. The molecule has 3 heteroatoms. The van der Waals surface area contributed by atoms with Crippen LogP contribution in [0, 0.1) is 5.92 Å². The van der Waals surface area contributed by atoms with E-state index in [1.54, 1.807) is 6.26 Å². The summed E-state index contributed by atoms with van der Waals surface area (Å²) >= 11 is 0. The van der Waals surface area contributed by atoms with E-state index in [9.17, 15) is 5.11 Å². The second-order valence-corrected chi connectivity index (χ2v) is 5.12. The second-order valence-electron chi connectivity index (χ2n) is 5.12. The van der Waals surface area contributed by atoms with E-state index >= 15 is 0 Å². The highest BCUT2D eigenvalue weighted by Gasteiger charge is 2.43. The predicted octanol–water partition coefficient (Wildman–Crippen LogP) is 3.30. The molecule has 1 aromatic rings. The topological polar surface area (TPSA) is 42.6 Å². The maximum atomic E-state index is 10.5. The first-order chi connectivity index (χ1) is 8.18. The lowest BCUT2D eigenvalue weighted by atomic mass is 9.75. The molecule has 0 bridgehead atoms. The van der Waals surface area contributed by atoms with Crippen LogP contribution in [-0.4, -0.2) is 17.3 Å². The summed E-state index contributed by atoms with van der Waals surface area (Å²) in [4.78, 5) is 0. The molecule has 3 unspecified atom stereocenters. The van der Waals surface area contributed by atoms with E-state index in [0.29, 0.717) is 18.3 Å². The molecule has 3 nitrogen and oxygen atoms in total. The van der Waals surface area contributed by atoms with Crippen LogP contribution in [0.1, 0.15) is 51.4 Å². The lowest BCUT2D eigenvalue weighted by Crippen LogP contribution is -2.43. The zero-order valence-electron chi connectivity index (χ0n) is 10.7. The molecule has 1 aliphatic rings. The number of aliphatic hydroxyl groups is 1. The molecule has 0 saturated heterocycles. The molecule has 1 aromatic heterocycles. The van der Waals surface area contributed by atoms with Gasteiger partial charge in [0.05, 0.1) is 6.26 Å². The van der Waals surface area contributed by atoms with E-state index in [2.05, 4.69) is 6.92 Å². The number of hydrogen-bond donors (Lipinski definition) is 1. The molecular weight excluding hydrogens is 216 g/mol. The third kappa shape index (κ3) is 2.55. The van der Waals surface area contributed by atoms with Gasteiger partial charge in [0.25, 0.3) is 0 Å². The average Bonchev–Trinajstić information content (AvgIpc) is 2.81. The van der Waals surface area contributed by atoms with Gasteiger partial charge in [-0.15, -0.1) is 0 Å². The van der Waals surface area contributed by atoms with Gasteiger partial charge in [0, 0.05) is 6.61 Å². The minimum atomic E-state index is -0.653. The molecule has 3 atom stereocenters. The van der Waals surface area contributed by atoms with Crippen molar-refractivity contribution < 1.29 is 14.3 Å². The van der Waals surface area contributed by atoms with Crippen LogP contribution in [0.15, 0.2) is 22.8 Å². The van der Waals surface area contributed by atoms with Gasteiger partial charge < -0.3 is 14.3 Å². The zero-order chi connectivity index (χ0) is 12.3. The molecule has 0 aliphatic heterocycles. The molecule has 1 saturated carbocycles. The molecule has 1 N–H and O–H groups in total. The minimum Gasteiger partial charge on any atom is -0.466 e. The van der Waals surface area contributed by atoms with Gasteiger partial charge in [-0.3, -0.25) is 0 Å². The fraction of sp³-hybridized carbons (Fsp3) is 0.714. The van der Waals surface area contributed by atoms with Crippen molar-refractivity contribution in [3.8, 4) is 0 Å². The Morgan fingerprint density at radius 1 is 1.65 bits per heavy atom. The Bertz CT molecular complexity index is 329. The average molecular weight is 238 g/mol. The monoisotopic (exact) mass is 238 g/mol. The summed E-state index contributed by atoms with van der Waals surface area (Å²) in [7, 11) is 0. The Hall–Kier alpha value is -0.800. The molecule has 0 aromatic carbocycles. The lowest BCUT2D eigenvalue weighted by molar-refractivity contribution is -0.155. The van der Waals surface area contributed by atoms with Crippen molar-refractivity contribution in [3.63, 3.8) is 0 Å². The van der Waals surface area contributed by atoms with Gasteiger partial charge in [0.15, 0.2) is 0 Å². The lowest BCUT2D eigenvalue weighted by Gasteiger charge is -2.42. The maximum absolute atomic E-state index is 10.5. The van der Waals surface area contributed by atoms with Gasteiger partial charge in [0.1, 0.15) is 17.5 Å². The molecule has 96 valence electrons. The molecule has 1 heterocycles. The molecular formula is C14H22O3. The molecule has 0 radical (unpaired) electrons. The maximum Gasteiger partial charge on any atom is 0.140 e. The van der Waals surface area contributed by atoms with Gasteiger partial charge in [0.2, 0.25) is 0 Å². The van der Waals surface area contributed by atoms with E-state index in [4.69, 9.17) is 9.15 Å². The van der Waals surface area contributed by atoms with Crippen molar-refractivity contribution in [3.05, 3.63) is 24.2 Å². The number of ether oxygens (including phenoxy) is 1. The zero-order valence-corrected chi connectivity index (χ0v) is 10.7. The van der Waals surface area contributed by atoms with E-state index in [1.807, 2.05) is 19.1 Å². The molecule has 1 aliphatic carbocycles. The summed E-state index contributed by atoms with van der Waals surface area (Å²) in [6, 6.07) is 3.63. The molecule has 17 heavy (non-hydrogen) atoms. The Kier molecular flexibility index (Phi) is 3.89. The van der Waals surface area contributed by atoms with E-state index < -0.39 is 11.7 Å². The standard InChI is InChI=1S/C14H22O3/c1-3-17-14(8-4-6-11(2)10-14)13(15)12-7-5-9-16-12/h5,7,9,11,13,15H,3-4,6,8,10H2,1-2H3. The first-order valence-corrected chi connectivity index (χ1v) is 6.53. The van der Waals surface area contributed by atoms with Crippen LogP contribution in [0.2, 0.25) is 0 Å². The molecule has 1 fully saturated rings.